The number of hydrogen-bond acceptors (Lipinski definition) is 5. The standard InChI is InChI=1S/C22H26N4O2S/c1-29-20-7-5-19(6-8-20)26-15-17(14-21(26)27)22(28)25-12-10-24(11-13-25)16-18-4-2-3-9-23-18/h2-9,17H,10-16H2,1H3. The first-order chi connectivity index (χ1) is 14.1. The zero-order chi connectivity index (χ0) is 20.2. The lowest BCUT2D eigenvalue weighted by Gasteiger charge is -2.35. The van der Waals surface area contributed by atoms with E-state index in [1.807, 2.05) is 59.8 Å². The molecule has 4 rings (SSSR count). The van der Waals surface area contributed by atoms with Gasteiger partial charge in [0.25, 0.3) is 0 Å². The fraction of sp³-hybridized carbons (Fsp3) is 0.409. The van der Waals surface area contributed by atoms with Crippen molar-refractivity contribution in [2.45, 2.75) is 17.9 Å². The fourth-order valence-corrected chi connectivity index (χ4v) is 4.40. The molecule has 0 bridgehead atoms. The SMILES string of the molecule is CSc1ccc(N2CC(C(=O)N3CCN(Cc4ccccn4)CC3)CC2=O)cc1. The molecule has 1 unspecified atom stereocenters. The number of benzene rings is 1. The topological polar surface area (TPSA) is 56.8 Å². The van der Waals surface area contributed by atoms with E-state index in [9.17, 15) is 9.59 Å². The van der Waals surface area contributed by atoms with Crippen LogP contribution >= 0.6 is 11.8 Å². The van der Waals surface area contributed by atoms with Gasteiger partial charge >= 0.3 is 0 Å². The van der Waals surface area contributed by atoms with Crippen molar-refractivity contribution in [2.75, 3.05) is 43.9 Å². The highest BCUT2D eigenvalue weighted by Gasteiger charge is 2.37. The van der Waals surface area contributed by atoms with Crippen LogP contribution in [0.2, 0.25) is 0 Å². The molecule has 0 N–H and O–H groups in total. The van der Waals surface area contributed by atoms with Crippen LogP contribution < -0.4 is 4.90 Å². The summed E-state index contributed by atoms with van der Waals surface area (Å²) in [5, 5.41) is 0. The van der Waals surface area contributed by atoms with Gasteiger partial charge in [-0.3, -0.25) is 19.5 Å². The lowest BCUT2D eigenvalue weighted by molar-refractivity contribution is -0.137. The molecule has 2 aliphatic heterocycles. The first kappa shape index (κ1) is 19.9. The van der Waals surface area contributed by atoms with Gasteiger partial charge in [0.05, 0.1) is 11.6 Å². The Kier molecular flexibility index (Phi) is 6.16. The molecule has 152 valence electrons. The van der Waals surface area contributed by atoms with Crippen molar-refractivity contribution in [3.63, 3.8) is 0 Å². The molecular weight excluding hydrogens is 384 g/mol. The van der Waals surface area contributed by atoms with Crippen LogP contribution in [0.5, 0.6) is 0 Å². The number of carbonyl (C=O) groups is 2. The first-order valence-electron chi connectivity index (χ1n) is 9.99. The van der Waals surface area contributed by atoms with Crippen molar-refractivity contribution < 1.29 is 9.59 Å². The molecule has 0 spiro atoms. The van der Waals surface area contributed by atoms with E-state index in [4.69, 9.17) is 0 Å². The maximum Gasteiger partial charge on any atom is 0.228 e. The highest BCUT2D eigenvalue weighted by molar-refractivity contribution is 7.98. The summed E-state index contributed by atoms with van der Waals surface area (Å²) in [7, 11) is 0. The van der Waals surface area contributed by atoms with Crippen molar-refractivity contribution in [1.29, 1.82) is 0 Å². The van der Waals surface area contributed by atoms with Crippen molar-refractivity contribution in [3.8, 4) is 0 Å². The lowest BCUT2D eigenvalue weighted by Crippen LogP contribution is -2.50. The smallest absolute Gasteiger partial charge is 0.228 e. The molecule has 0 radical (unpaired) electrons. The summed E-state index contributed by atoms with van der Waals surface area (Å²) in [5.74, 6) is -0.0989. The number of anilines is 1. The molecule has 2 amide bonds. The second-order valence-electron chi connectivity index (χ2n) is 7.53. The predicted molar refractivity (Wildman–Crippen MR) is 115 cm³/mol. The first-order valence-corrected chi connectivity index (χ1v) is 11.2. The van der Waals surface area contributed by atoms with Crippen LogP contribution in [-0.2, 0) is 16.1 Å². The van der Waals surface area contributed by atoms with E-state index in [0.29, 0.717) is 26.1 Å². The average molecular weight is 411 g/mol. The molecule has 29 heavy (non-hydrogen) atoms. The van der Waals surface area contributed by atoms with Crippen LogP contribution in [0, 0.1) is 5.92 Å². The molecule has 0 saturated carbocycles. The Bertz CT molecular complexity index is 851. The fourth-order valence-electron chi connectivity index (χ4n) is 3.99. The number of piperazine rings is 1. The third kappa shape index (κ3) is 4.62. The van der Waals surface area contributed by atoms with Crippen molar-refractivity contribution in [3.05, 3.63) is 54.4 Å². The van der Waals surface area contributed by atoms with Gasteiger partial charge in [0.15, 0.2) is 0 Å². The molecule has 0 aliphatic carbocycles. The van der Waals surface area contributed by atoms with E-state index in [1.165, 1.54) is 0 Å². The molecular formula is C22H26N4O2S. The summed E-state index contributed by atoms with van der Waals surface area (Å²) in [4.78, 5) is 37.1. The molecule has 3 heterocycles. The molecule has 7 heteroatoms. The zero-order valence-electron chi connectivity index (χ0n) is 16.7. The highest BCUT2D eigenvalue weighted by atomic mass is 32.2. The minimum atomic E-state index is -0.245. The van der Waals surface area contributed by atoms with Crippen molar-refractivity contribution >= 4 is 29.3 Å². The molecule has 2 fully saturated rings. The van der Waals surface area contributed by atoms with Gasteiger partial charge < -0.3 is 9.80 Å². The molecule has 2 saturated heterocycles. The molecule has 2 aromatic rings. The van der Waals surface area contributed by atoms with Gasteiger partial charge in [0.2, 0.25) is 11.8 Å². The normalized spacial score (nSPS) is 20.3. The maximum absolute atomic E-state index is 13.0. The van der Waals surface area contributed by atoms with E-state index >= 15 is 0 Å². The van der Waals surface area contributed by atoms with Crippen LogP contribution in [0.1, 0.15) is 12.1 Å². The maximum atomic E-state index is 13.0. The van der Waals surface area contributed by atoms with E-state index in [2.05, 4.69) is 9.88 Å². The van der Waals surface area contributed by atoms with E-state index in [1.54, 1.807) is 16.7 Å². The number of thioether (sulfide) groups is 1. The molecule has 2 aliphatic rings. The second-order valence-corrected chi connectivity index (χ2v) is 8.41. The van der Waals surface area contributed by atoms with Crippen LogP contribution in [0.15, 0.2) is 53.6 Å². The molecule has 1 aromatic carbocycles. The Labute approximate surface area is 175 Å². The average Bonchev–Trinajstić information content (AvgIpc) is 3.16. The van der Waals surface area contributed by atoms with E-state index in [-0.39, 0.29) is 17.7 Å². The van der Waals surface area contributed by atoms with Gasteiger partial charge in [-0.2, -0.15) is 0 Å². The summed E-state index contributed by atoms with van der Waals surface area (Å²) < 4.78 is 0. The Morgan fingerprint density at radius 3 is 2.52 bits per heavy atom. The summed E-state index contributed by atoms with van der Waals surface area (Å²) in [5.41, 5.74) is 1.93. The Hall–Kier alpha value is -2.38. The number of carbonyl (C=O) groups excluding carboxylic acids is 2. The minimum Gasteiger partial charge on any atom is -0.340 e. The third-order valence-corrected chi connectivity index (χ3v) is 6.40. The Morgan fingerprint density at radius 1 is 1.10 bits per heavy atom. The summed E-state index contributed by atoms with van der Waals surface area (Å²) in [6.07, 6.45) is 4.14. The number of pyridine rings is 1. The zero-order valence-corrected chi connectivity index (χ0v) is 17.5. The van der Waals surface area contributed by atoms with Gasteiger partial charge in [-0.1, -0.05) is 6.07 Å². The van der Waals surface area contributed by atoms with Crippen LogP contribution in [0.3, 0.4) is 0 Å². The van der Waals surface area contributed by atoms with Crippen LogP contribution in [-0.4, -0.2) is 65.6 Å². The van der Waals surface area contributed by atoms with Gasteiger partial charge in [0.1, 0.15) is 0 Å². The molecule has 1 aromatic heterocycles. The summed E-state index contributed by atoms with van der Waals surface area (Å²) in [6, 6.07) is 13.9. The number of amides is 2. The van der Waals surface area contributed by atoms with Crippen molar-refractivity contribution in [2.24, 2.45) is 5.92 Å². The minimum absolute atomic E-state index is 0.0361. The second kappa shape index (κ2) is 8.97. The monoisotopic (exact) mass is 410 g/mol. The van der Waals surface area contributed by atoms with E-state index in [0.717, 1.165) is 35.9 Å². The number of aromatic nitrogens is 1. The molecule has 1 atom stereocenters. The van der Waals surface area contributed by atoms with Crippen LogP contribution in [0.4, 0.5) is 5.69 Å². The summed E-state index contributed by atoms with van der Waals surface area (Å²) in [6.45, 7) is 4.37. The number of nitrogens with zero attached hydrogens (tertiary/aromatic N) is 4. The van der Waals surface area contributed by atoms with Crippen LogP contribution in [0.25, 0.3) is 0 Å². The Morgan fingerprint density at radius 2 is 1.86 bits per heavy atom. The van der Waals surface area contributed by atoms with Gasteiger partial charge in [-0.25, -0.2) is 0 Å². The lowest BCUT2D eigenvalue weighted by atomic mass is 10.1. The van der Waals surface area contributed by atoms with Crippen molar-refractivity contribution in [1.82, 2.24) is 14.8 Å². The highest BCUT2D eigenvalue weighted by Crippen LogP contribution is 2.28. The van der Waals surface area contributed by atoms with Gasteiger partial charge in [-0.15, -0.1) is 11.8 Å². The van der Waals surface area contributed by atoms with Gasteiger partial charge in [-0.05, 0) is 42.7 Å². The Balaban J connectivity index is 1.31. The van der Waals surface area contributed by atoms with E-state index < -0.39 is 0 Å². The number of hydrogen-bond donors (Lipinski definition) is 0. The predicted octanol–water partition coefficient (Wildman–Crippen LogP) is 2.50. The quantitative estimate of drug-likeness (QED) is 0.709. The largest absolute Gasteiger partial charge is 0.340 e. The number of rotatable bonds is 5. The third-order valence-electron chi connectivity index (χ3n) is 5.65. The van der Waals surface area contributed by atoms with Gasteiger partial charge in [0, 0.05) is 62.5 Å². The molecule has 6 nitrogen and oxygen atoms in total. The summed E-state index contributed by atoms with van der Waals surface area (Å²) >= 11 is 1.67.